The zero-order chi connectivity index (χ0) is 19.1. The molecule has 0 radical (unpaired) electrons. The molecule has 1 aliphatic heterocycles. The fraction of sp³-hybridized carbons (Fsp3) is 0.350. The van der Waals surface area contributed by atoms with Gasteiger partial charge in [0.05, 0.1) is 10.4 Å². The minimum atomic E-state index is 0.0238. The van der Waals surface area contributed by atoms with Gasteiger partial charge in [-0.15, -0.1) is 0 Å². The minimum absolute atomic E-state index is 0.0238. The first kappa shape index (κ1) is 17.4. The molecule has 4 aromatic rings. The molecule has 0 spiro atoms. The summed E-state index contributed by atoms with van der Waals surface area (Å²) < 4.78 is 9.36. The molecule has 3 aromatic heterocycles. The topological polar surface area (TPSA) is 58.7 Å². The highest BCUT2D eigenvalue weighted by atomic mass is 32.1. The van der Waals surface area contributed by atoms with Crippen molar-refractivity contribution in [1.29, 1.82) is 0 Å². The number of aromatic nitrogens is 4. The largest absolute Gasteiger partial charge is 0.353 e. The van der Waals surface area contributed by atoms with Crippen molar-refractivity contribution >= 4 is 33.0 Å². The Kier molecular flexibility index (Phi) is 4.37. The van der Waals surface area contributed by atoms with Gasteiger partial charge in [-0.3, -0.25) is 9.69 Å². The normalized spacial score (nSPS) is 15.7. The van der Waals surface area contributed by atoms with Crippen molar-refractivity contribution in [3.8, 4) is 0 Å². The van der Waals surface area contributed by atoms with Crippen molar-refractivity contribution < 1.29 is 0 Å². The highest BCUT2D eigenvalue weighted by Gasteiger charge is 2.20. The lowest BCUT2D eigenvalue weighted by Crippen LogP contribution is -2.47. The van der Waals surface area contributed by atoms with E-state index in [4.69, 9.17) is 0 Å². The summed E-state index contributed by atoms with van der Waals surface area (Å²) in [7, 11) is 0. The van der Waals surface area contributed by atoms with Gasteiger partial charge in [-0.2, -0.15) is 9.47 Å². The van der Waals surface area contributed by atoms with Crippen LogP contribution >= 0.6 is 11.5 Å². The quantitative estimate of drug-likeness (QED) is 0.531. The SMILES string of the molecule is Cc1cc2c(=O)n(CCN3CCN(c4nsc5ccccc45)CC3)ccn2n1. The molecule has 0 atom stereocenters. The molecule has 28 heavy (non-hydrogen) atoms. The highest BCUT2D eigenvalue weighted by molar-refractivity contribution is 7.13. The summed E-state index contributed by atoms with van der Waals surface area (Å²) in [5.41, 5.74) is 1.52. The van der Waals surface area contributed by atoms with E-state index in [-0.39, 0.29) is 5.56 Å². The third kappa shape index (κ3) is 3.08. The maximum Gasteiger partial charge on any atom is 0.276 e. The van der Waals surface area contributed by atoms with Crippen LogP contribution < -0.4 is 10.5 Å². The molecule has 0 amide bonds. The lowest BCUT2D eigenvalue weighted by atomic mass is 10.2. The van der Waals surface area contributed by atoms with Gasteiger partial charge in [0.2, 0.25) is 0 Å². The molecule has 0 saturated carbocycles. The summed E-state index contributed by atoms with van der Waals surface area (Å²) in [6, 6.07) is 10.3. The summed E-state index contributed by atoms with van der Waals surface area (Å²) in [5.74, 6) is 1.11. The first-order valence-electron chi connectivity index (χ1n) is 9.56. The van der Waals surface area contributed by atoms with Crippen LogP contribution in [0.2, 0.25) is 0 Å². The van der Waals surface area contributed by atoms with Crippen molar-refractivity contribution in [2.75, 3.05) is 37.6 Å². The smallest absolute Gasteiger partial charge is 0.276 e. The Morgan fingerprint density at radius 2 is 1.89 bits per heavy atom. The van der Waals surface area contributed by atoms with Crippen molar-refractivity contribution in [1.82, 2.24) is 23.5 Å². The van der Waals surface area contributed by atoms with Gasteiger partial charge in [0, 0.05) is 57.0 Å². The molecule has 1 saturated heterocycles. The van der Waals surface area contributed by atoms with Gasteiger partial charge in [-0.05, 0) is 36.7 Å². The second-order valence-corrected chi connectivity index (χ2v) is 8.05. The molecule has 0 aliphatic carbocycles. The predicted octanol–water partition coefficient (Wildman–Crippen LogP) is 2.24. The Labute approximate surface area is 166 Å². The zero-order valence-corrected chi connectivity index (χ0v) is 16.6. The molecule has 0 unspecified atom stereocenters. The van der Waals surface area contributed by atoms with E-state index in [2.05, 4.69) is 43.5 Å². The lowest BCUT2D eigenvalue weighted by Gasteiger charge is -2.35. The predicted molar refractivity (Wildman–Crippen MR) is 112 cm³/mol. The van der Waals surface area contributed by atoms with Gasteiger partial charge < -0.3 is 9.47 Å². The lowest BCUT2D eigenvalue weighted by molar-refractivity contribution is 0.247. The molecule has 1 aromatic carbocycles. The Hall–Kier alpha value is -2.71. The van der Waals surface area contributed by atoms with Crippen LogP contribution in [0.25, 0.3) is 15.6 Å². The Balaban J connectivity index is 1.23. The van der Waals surface area contributed by atoms with Crippen LogP contribution in [0.1, 0.15) is 5.69 Å². The summed E-state index contributed by atoms with van der Waals surface area (Å²) >= 11 is 1.57. The van der Waals surface area contributed by atoms with Crippen LogP contribution in [-0.4, -0.2) is 56.2 Å². The maximum absolute atomic E-state index is 12.6. The van der Waals surface area contributed by atoms with E-state index in [9.17, 15) is 4.79 Å². The summed E-state index contributed by atoms with van der Waals surface area (Å²) in [6.07, 6.45) is 3.69. The van der Waals surface area contributed by atoms with Gasteiger partial charge >= 0.3 is 0 Å². The molecule has 7 nitrogen and oxygen atoms in total. The minimum Gasteiger partial charge on any atom is -0.353 e. The molecule has 4 heterocycles. The Morgan fingerprint density at radius 3 is 2.75 bits per heavy atom. The van der Waals surface area contributed by atoms with Gasteiger partial charge in [-0.25, -0.2) is 4.52 Å². The number of hydrogen-bond donors (Lipinski definition) is 0. The first-order valence-corrected chi connectivity index (χ1v) is 10.3. The molecule has 8 heteroatoms. The number of anilines is 1. The molecular weight excluding hydrogens is 372 g/mol. The fourth-order valence-electron chi connectivity index (χ4n) is 3.86. The van der Waals surface area contributed by atoms with Gasteiger partial charge in [0.1, 0.15) is 11.3 Å². The molecule has 144 valence electrons. The number of fused-ring (bicyclic) bond motifs is 2. The van der Waals surface area contributed by atoms with Crippen molar-refractivity contribution in [2.45, 2.75) is 13.5 Å². The number of benzene rings is 1. The number of aryl methyl sites for hydroxylation is 1. The van der Waals surface area contributed by atoms with Crippen LogP contribution in [-0.2, 0) is 6.54 Å². The molecule has 5 rings (SSSR count). The van der Waals surface area contributed by atoms with E-state index in [1.807, 2.05) is 25.4 Å². The summed E-state index contributed by atoms with van der Waals surface area (Å²) in [6.45, 7) is 7.35. The third-order valence-corrected chi connectivity index (χ3v) is 6.23. The van der Waals surface area contributed by atoms with Crippen LogP contribution in [0, 0.1) is 6.92 Å². The number of piperazine rings is 1. The van der Waals surface area contributed by atoms with Crippen LogP contribution in [0.5, 0.6) is 0 Å². The van der Waals surface area contributed by atoms with Gasteiger partial charge in [-0.1, -0.05) is 12.1 Å². The first-order chi connectivity index (χ1) is 13.7. The second-order valence-electron chi connectivity index (χ2n) is 7.24. The van der Waals surface area contributed by atoms with Crippen LogP contribution in [0.3, 0.4) is 0 Å². The van der Waals surface area contributed by atoms with E-state index >= 15 is 0 Å². The average molecular weight is 395 g/mol. The fourth-order valence-corrected chi connectivity index (χ4v) is 4.65. The van der Waals surface area contributed by atoms with Crippen molar-refractivity contribution in [3.63, 3.8) is 0 Å². The van der Waals surface area contributed by atoms with Crippen molar-refractivity contribution in [2.24, 2.45) is 0 Å². The van der Waals surface area contributed by atoms with Crippen LogP contribution in [0.4, 0.5) is 5.82 Å². The average Bonchev–Trinajstić information content (AvgIpc) is 3.31. The second kappa shape index (κ2) is 7.03. The van der Waals surface area contributed by atoms with E-state index in [1.54, 1.807) is 20.6 Å². The van der Waals surface area contributed by atoms with E-state index in [1.165, 1.54) is 10.1 Å². The molecule has 1 fully saturated rings. The van der Waals surface area contributed by atoms with E-state index in [0.717, 1.165) is 44.2 Å². The zero-order valence-electron chi connectivity index (χ0n) is 15.8. The van der Waals surface area contributed by atoms with Gasteiger partial charge in [0.15, 0.2) is 0 Å². The summed E-state index contributed by atoms with van der Waals surface area (Å²) in [5, 5.41) is 5.55. The van der Waals surface area contributed by atoms with Crippen molar-refractivity contribution in [3.05, 3.63) is 58.8 Å². The van der Waals surface area contributed by atoms with E-state index in [0.29, 0.717) is 12.1 Å². The summed E-state index contributed by atoms with van der Waals surface area (Å²) in [4.78, 5) is 17.4. The number of rotatable bonds is 4. The molecule has 0 N–H and O–H groups in total. The van der Waals surface area contributed by atoms with Crippen LogP contribution in [0.15, 0.2) is 47.5 Å². The standard InChI is InChI=1S/C20H22N6OS/c1-15-14-17-20(27)25(12-13-26(17)21-15)11-8-23-6-9-24(10-7-23)19-16-4-2-3-5-18(16)28-22-19/h2-5,12-14H,6-11H2,1H3. The van der Waals surface area contributed by atoms with E-state index < -0.39 is 0 Å². The van der Waals surface area contributed by atoms with Gasteiger partial charge in [0.25, 0.3) is 5.56 Å². The maximum atomic E-state index is 12.6. The molecular formula is C20H22N6OS. The number of nitrogens with zero attached hydrogens (tertiary/aromatic N) is 6. The highest BCUT2D eigenvalue weighted by Crippen LogP contribution is 2.29. The molecule has 1 aliphatic rings. The Bertz CT molecular complexity index is 1180. The third-order valence-electron chi connectivity index (χ3n) is 5.41. The molecule has 0 bridgehead atoms. The Morgan fingerprint density at radius 1 is 1.07 bits per heavy atom. The monoisotopic (exact) mass is 394 g/mol. The number of hydrogen-bond acceptors (Lipinski definition) is 6.